The number of benzene rings is 1. The zero-order valence-electron chi connectivity index (χ0n) is 9.93. The minimum absolute atomic E-state index is 0.554. The Labute approximate surface area is 99.8 Å². The van der Waals surface area contributed by atoms with Gasteiger partial charge in [0.1, 0.15) is 5.75 Å². The van der Waals surface area contributed by atoms with Crippen LogP contribution in [0.3, 0.4) is 0 Å². The fraction of sp³-hybridized carbons (Fsp3) is 0.333. The molecule has 0 aliphatic rings. The summed E-state index contributed by atoms with van der Waals surface area (Å²) < 4.78 is 10.3. The molecular weight excluding hydrogens is 218 g/mol. The van der Waals surface area contributed by atoms with E-state index in [1.807, 2.05) is 24.3 Å². The van der Waals surface area contributed by atoms with Crippen molar-refractivity contribution in [3.8, 4) is 5.75 Å². The summed E-state index contributed by atoms with van der Waals surface area (Å²) in [5, 5.41) is 6.95. The third-order valence-electron chi connectivity index (χ3n) is 2.35. The number of rotatable bonds is 5. The van der Waals surface area contributed by atoms with E-state index < -0.39 is 0 Å². The Hall–Kier alpha value is -1.88. The van der Waals surface area contributed by atoms with Crippen molar-refractivity contribution in [3.05, 3.63) is 41.5 Å². The van der Waals surface area contributed by atoms with Crippen LogP contribution in [0.25, 0.3) is 0 Å². The van der Waals surface area contributed by atoms with Gasteiger partial charge in [0.2, 0.25) is 5.89 Å². The monoisotopic (exact) mass is 233 g/mol. The van der Waals surface area contributed by atoms with E-state index in [1.165, 1.54) is 0 Å². The third kappa shape index (κ3) is 3.04. The van der Waals surface area contributed by atoms with Crippen LogP contribution in [0.4, 0.5) is 0 Å². The van der Waals surface area contributed by atoms with E-state index in [1.54, 1.807) is 14.0 Å². The quantitative estimate of drug-likeness (QED) is 0.851. The van der Waals surface area contributed by atoms with Gasteiger partial charge in [-0.05, 0) is 13.0 Å². The van der Waals surface area contributed by atoms with Gasteiger partial charge in [0.25, 0.3) is 0 Å². The molecule has 0 aliphatic carbocycles. The molecule has 0 fully saturated rings. The normalized spacial score (nSPS) is 10.5. The molecule has 1 aromatic heterocycles. The minimum Gasteiger partial charge on any atom is -0.496 e. The van der Waals surface area contributed by atoms with Gasteiger partial charge in [-0.2, -0.15) is 4.98 Å². The molecule has 1 aromatic carbocycles. The summed E-state index contributed by atoms with van der Waals surface area (Å²) in [5.74, 6) is 2.12. The van der Waals surface area contributed by atoms with Gasteiger partial charge in [0.05, 0.1) is 13.7 Å². The molecule has 0 saturated carbocycles. The van der Waals surface area contributed by atoms with Crippen LogP contribution in [0.2, 0.25) is 0 Å². The SMILES string of the molecule is COc1ccccc1CNCc1nc(C)no1. The molecule has 0 aliphatic heterocycles. The topological polar surface area (TPSA) is 60.2 Å². The van der Waals surface area contributed by atoms with Gasteiger partial charge in [-0.15, -0.1) is 0 Å². The Kier molecular flexibility index (Phi) is 3.72. The van der Waals surface area contributed by atoms with Crippen LogP contribution < -0.4 is 10.1 Å². The molecule has 1 N–H and O–H groups in total. The number of hydrogen-bond donors (Lipinski definition) is 1. The van der Waals surface area contributed by atoms with Gasteiger partial charge in [-0.1, -0.05) is 23.4 Å². The van der Waals surface area contributed by atoms with Crippen LogP contribution in [0, 0.1) is 6.92 Å². The third-order valence-corrected chi connectivity index (χ3v) is 2.35. The Morgan fingerprint density at radius 2 is 2.12 bits per heavy atom. The molecule has 90 valence electrons. The molecule has 5 nitrogen and oxygen atoms in total. The first-order valence-electron chi connectivity index (χ1n) is 5.41. The minimum atomic E-state index is 0.554. The summed E-state index contributed by atoms with van der Waals surface area (Å²) >= 11 is 0. The molecule has 0 unspecified atom stereocenters. The van der Waals surface area contributed by atoms with Gasteiger partial charge in [0.15, 0.2) is 5.82 Å². The lowest BCUT2D eigenvalue weighted by Gasteiger charge is -2.07. The van der Waals surface area contributed by atoms with Crippen LogP contribution in [0.5, 0.6) is 5.75 Å². The van der Waals surface area contributed by atoms with Crippen molar-refractivity contribution >= 4 is 0 Å². The molecule has 2 aromatic rings. The highest BCUT2D eigenvalue weighted by atomic mass is 16.5. The van der Waals surface area contributed by atoms with E-state index in [0.717, 1.165) is 11.3 Å². The van der Waals surface area contributed by atoms with E-state index in [2.05, 4.69) is 15.5 Å². The average Bonchev–Trinajstić information content (AvgIpc) is 2.76. The van der Waals surface area contributed by atoms with Crippen LogP contribution in [0.15, 0.2) is 28.8 Å². The summed E-state index contributed by atoms with van der Waals surface area (Å²) in [6, 6.07) is 7.89. The second kappa shape index (κ2) is 5.45. The molecule has 0 amide bonds. The van der Waals surface area contributed by atoms with E-state index in [0.29, 0.717) is 24.8 Å². The van der Waals surface area contributed by atoms with E-state index in [4.69, 9.17) is 9.26 Å². The number of hydrogen-bond acceptors (Lipinski definition) is 5. The Bertz CT molecular complexity index is 482. The molecule has 0 saturated heterocycles. The molecule has 0 bridgehead atoms. The molecular formula is C12H15N3O2. The highest BCUT2D eigenvalue weighted by molar-refractivity contribution is 5.32. The standard InChI is InChI=1S/C12H15N3O2/c1-9-14-12(17-15-9)8-13-7-10-5-3-4-6-11(10)16-2/h3-6,13H,7-8H2,1-2H3. The molecule has 0 radical (unpaired) electrons. The first kappa shape index (κ1) is 11.6. The van der Waals surface area contributed by atoms with Gasteiger partial charge in [-0.25, -0.2) is 0 Å². The number of aryl methyl sites for hydroxylation is 1. The second-order valence-corrected chi connectivity index (χ2v) is 3.65. The van der Waals surface area contributed by atoms with Gasteiger partial charge < -0.3 is 14.6 Å². The predicted molar refractivity (Wildman–Crippen MR) is 62.6 cm³/mol. The van der Waals surface area contributed by atoms with Crippen LogP contribution in [-0.4, -0.2) is 17.3 Å². The smallest absolute Gasteiger partial charge is 0.240 e. The van der Waals surface area contributed by atoms with Crippen molar-refractivity contribution < 1.29 is 9.26 Å². The fourth-order valence-corrected chi connectivity index (χ4v) is 1.56. The van der Waals surface area contributed by atoms with E-state index in [-0.39, 0.29) is 0 Å². The van der Waals surface area contributed by atoms with Crippen molar-refractivity contribution in [1.29, 1.82) is 0 Å². The largest absolute Gasteiger partial charge is 0.496 e. The molecule has 0 spiro atoms. The zero-order chi connectivity index (χ0) is 12.1. The van der Waals surface area contributed by atoms with Gasteiger partial charge >= 0.3 is 0 Å². The average molecular weight is 233 g/mol. The lowest BCUT2D eigenvalue weighted by Crippen LogP contribution is -2.13. The fourth-order valence-electron chi connectivity index (χ4n) is 1.56. The molecule has 0 atom stereocenters. The number of nitrogens with one attached hydrogen (secondary N) is 1. The maximum absolute atomic E-state index is 5.26. The van der Waals surface area contributed by atoms with E-state index in [9.17, 15) is 0 Å². The summed E-state index contributed by atoms with van der Waals surface area (Å²) in [7, 11) is 1.67. The zero-order valence-corrected chi connectivity index (χ0v) is 9.93. The lowest BCUT2D eigenvalue weighted by atomic mass is 10.2. The van der Waals surface area contributed by atoms with Crippen molar-refractivity contribution in [1.82, 2.24) is 15.5 Å². The van der Waals surface area contributed by atoms with Crippen molar-refractivity contribution in [3.63, 3.8) is 0 Å². The summed E-state index contributed by atoms with van der Waals surface area (Å²) in [5.41, 5.74) is 1.10. The maximum Gasteiger partial charge on any atom is 0.240 e. The van der Waals surface area contributed by atoms with Gasteiger partial charge in [-0.3, -0.25) is 0 Å². The van der Waals surface area contributed by atoms with Crippen molar-refractivity contribution in [2.45, 2.75) is 20.0 Å². The molecule has 2 rings (SSSR count). The summed E-state index contributed by atoms with van der Waals surface area (Å²) in [6.45, 7) is 3.05. The van der Waals surface area contributed by atoms with Crippen molar-refractivity contribution in [2.24, 2.45) is 0 Å². The highest BCUT2D eigenvalue weighted by Gasteiger charge is 2.04. The van der Waals surface area contributed by atoms with Crippen LogP contribution >= 0.6 is 0 Å². The second-order valence-electron chi connectivity index (χ2n) is 3.65. The van der Waals surface area contributed by atoms with Gasteiger partial charge in [0, 0.05) is 12.1 Å². The Balaban J connectivity index is 1.89. The predicted octanol–water partition coefficient (Wildman–Crippen LogP) is 1.68. The van der Waals surface area contributed by atoms with E-state index >= 15 is 0 Å². The number of methoxy groups -OCH3 is 1. The van der Waals surface area contributed by atoms with Crippen LogP contribution in [-0.2, 0) is 13.1 Å². The number of nitrogens with zero attached hydrogens (tertiary/aromatic N) is 2. The Morgan fingerprint density at radius 1 is 1.29 bits per heavy atom. The molecule has 1 heterocycles. The van der Waals surface area contributed by atoms with Crippen LogP contribution in [0.1, 0.15) is 17.3 Å². The lowest BCUT2D eigenvalue weighted by molar-refractivity contribution is 0.362. The number of aromatic nitrogens is 2. The Morgan fingerprint density at radius 3 is 2.82 bits per heavy atom. The molecule has 17 heavy (non-hydrogen) atoms. The summed E-state index contributed by atoms with van der Waals surface area (Å²) in [6.07, 6.45) is 0. The number of para-hydroxylation sites is 1. The maximum atomic E-state index is 5.26. The first-order valence-corrected chi connectivity index (χ1v) is 5.41. The molecule has 5 heteroatoms. The number of ether oxygens (including phenoxy) is 1. The first-order chi connectivity index (χ1) is 8.29. The summed E-state index contributed by atoms with van der Waals surface area (Å²) in [4.78, 5) is 4.11. The highest BCUT2D eigenvalue weighted by Crippen LogP contribution is 2.16. The van der Waals surface area contributed by atoms with Crippen molar-refractivity contribution in [2.75, 3.05) is 7.11 Å².